The summed E-state index contributed by atoms with van der Waals surface area (Å²) < 4.78 is 26.1. The van der Waals surface area contributed by atoms with Crippen LogP contribution in [0.4, 0.5) is 8.78 Å². The second-order valence-electron chi connectivity index (χ2n) is 7.28. The largest absolute Gasteiger partial charge is 0.368 e. The SMILES string of the molecule is NC(=O)C1CC(=O)N(CCc2ccc(F)cc2)CC(=O)N1CCc1ccc(F)cc1. The van der Waals surface area contributed by atoms with Crippen molar-refractivity contribution in [1.29, 1.82) is 0 Å². The van der Waals surface area contributed by atoms with Crippen LogP contribution < -0.4 is 5.73 Å². The van der Waals surface area contributed by atoms with E-state index in [2.05, 4.69) is 0 Å². The Morgan fingerprint density at radius 2 is 1.37 bits per heavy atom. The summed E-state index contributed by atoms with van der Waals surface area (Å²) in [6.07, 6.45) is 0.670. The first-order valence-corrected chi connectivity index (χ1v) is 9.69. The number of nitrogens with two attached hydrogens (primary N) is 1. The normalized spacial score (nSPS) is 17.2. The van der Waals surface area contributed by atoms with Gasteiger partial charge in [0.15, 0.2) is 0 Å². The summed E-state index contributed by atoms with van der Waals surface area (Å²) >= 11 is 0. The van der Waals surface area contributed by atoms with Gasteiger partial charge in [0.2, 0.25) is 17.7 Å². The number of rotatable bonds is 7. The highest BCUT2D eigenvalue weighted by atomic mass is 19.1. The number of amides is 3. The van der Waals surface area contributed by atoms with Crippen LogP contribution in [0.5, 0.6) is 0 Å². The molecule has 0 radical (unpaired) electrons. The lowest BCUT2D eigenvalue weighted by atomic mass is 10.1. The molecule has 3 amide bonds. The molecule has 2 aromatic carbocycles. The summed E-state index contributed by atoms with van der Waals surface area (Å²) in [5.41, 5.74) is 7.11. The van der Waals surface area contributed by atoms with Crippen molar-refractivity contribution in [2.75, 3.05) is 19.6 Å². The van der Waals surface area contributed by atoms with E-state index in [0.29, 0.717) is 12.8 Å². The maximum absolute atomic E-state index is 13.1. The molecule has 1 fully saturated rings. The summed E-state index contributed by atoms with van der Waals surface area (Å²) in [5, 5.41) is 0. The van der Waals surface area contributed by atoms with Crippen molar-refractivity contribution in [3.63, 3.8) is 0 Å². The number of hydrogen-bond donors (Lipinski definition) is 1. The number of carbonyl (C=O) groups is 3. The first-order chi connectivity index (χ1) is 14.3. The van der Waals surface area contributed by atoms with E-state index in [1.807, 2.05) is 0 Å². The van der Waals surface area contributed by atoms with E-state index in [1.54, 1.807) is 24.3 Å². The average molecular weight is 415 g/mol. The Balaban J connectivity index is 1.68. The molecule has 1 saturated heterocycles. The number of primary amides is 1. The Hall–Kier alpha value is -3.29. The predicted molar refractivity (Wildman–Crippen MR) is 106 cm³/mol. The van der Waals surface area contributed by atoms with E-state index in [1.165, 1.54) is 34.1 Å². The standard InChI is InChI=1S/C22H23F2N3O3/c23-17-5-1-15(2-6-17)9-11-26-14-21(29)27(19(22(25)30)13-20(26)28)12-10-16-3-7-18(24)8-4-16/h1-8,19H,9-14H2,(H2,25,30). The maximum Gasteiger partial charge on any atom is 0.242 e. The first kappa shape index (κ1) is 21.4. The molecule has 0 bridgehead atoms. The van der Waals surface area contributed by atoms with Crippen LogP contribution in [0.3, 0.4) is 0 Å². The van der Waals surface area contributed by atoms with Gasteiger partial charge in [0, 0.05) is 13.1 Å². The van der Waals surface area contributed by atoms with Crippen LogP contribution in [0.25, 0.3) is 0 Å². The fourth-order valence-electron chi connectivity index (χ4n) is 3.48. The molecule has 0 aliphatic carbocycles. The third-order valence-corrected chi connectivity index (χ3v) is 5.21. The Morgan fingerprint density at radius 1 is 0.867 bits per heavy atom. The van der Waals surface area contributed by atoms with E-state index < -0.39 is 11.9 Å². The molecular formula is C22H23F2N3O3. The average Bonchev–Trinajstić information content (AvgIpc) is 2.83. The summed E-state index contributed by atoms with van der Waals surface area (Å²) in [5.74, 6) is -2.15. The monoisotopic (exact) mass is 415 g/mol. The quantitative estimate of drug-likeness (QED) is 0.747. The molecule has 1 unspecified atom stereocenters. The van der Waals surface area contributed by atoms with E-state index in [0.717, 1.165) is 11.1 Å². The molecule has 1 aliphatic rings. The predicted octanol–water partition coefficient (Wildman–Crippen LogP) is 1.66. The van der Waals surface area contributed by atoms with Crippen LogP contribution in [-0.2, 0) is 27.2 Å². The number of hydrogen-bond acceptors (Lipinski definition) is 3. The van der Waals surface area contributed by atoms with Crippen molar-refractivity contribution in [3.8, 4) is 0 Å². The van der Waals surface area contributed by atoms with Crippen molar-refractivity contribution >= 4 is 17.7 Å². The minimum atomic E-state index is -1.03. The van der Waals surface area contributed by atoms with Crippen LogP contribution >= 0.6 is 0 Å². The molecule has 0 spiro atoms. The number of halogens is 2. The minimum Gasteiger partial charge on any atom is -0.368 e. The van der Waals surface area contributed by atoms with Gasteiger partial charge >= 0.3 is 0 Å². The number of nitrogens with zero attached hydrogens (tertiary/aromatic N) is 2. The Kier molecular flexibility index (Phi) is 6.76. The van der Waals surface area contributed by atoms with E-state index >= 15 is 0 Å². The van der Waals surface area contributed by atoms with Gasteiger partial charge in [-0.3, -0.25) is 14.4 Å². The summed E-state index contributed by atoms with van der Waals surface area (Å²) in [6.45, 7) is 0.303. The second-order valence-corrected chi connectivity index (χ2v) is 7.28. The third-order valence-electron chi connectivity index (χ3n) is 5.21. The lowest BCUT2D eigenvalue weighted by molar-refractivity contribution is -0.138. The Bertz CT molecular complexity index is 916. The van der Waals surface area contributed by atoms with Gasteiger partial charge in [0.25, 0.3) is 0 Å². The van der Waals surface area contributed by atoms with E-state index in [9.17, 15) is 23.2 Å². The lowest BCUT2D eigenvalue weighted by Crippen LogP contribution is -2.49. The maximum atomic E-state index is 13.1. The number of carbonyl (C=O) groups excluding carboxylic acids is 3. The highest BCUT2D eigenvalue weighted by Crippen LogP contribution is 2.16. The highest BCUT2D eigenvalue weighted by molar-refractivity contribution is 5.95. The second kappa shape index (κ2) is 9.47. The molecule has 3 rings (SSSR count). The van der Waals surface area contributed by atoms with Gasteiger partial charge in [0.1, 0.15) is 17.7 Å². The first-order valence-electron chi connectivity index (χ1n) is 9.69. The molecule has 0 aromatic heterocycles. The van der Waals surface area contributed by atoms with Crippen LogP contribution in [-0.4, -0.2) is 53.2 Å². The van der Waals surface area contributed by atoms with Gasteiger partial charge in [-0.05, 0) is 48.2 Å². The summed E-state index contributed by atoms with van der Waals surface area (Å²) in [7, 11) is 0. The van der Waals surface area contributed by atoms with Crippen molar-refractivity contribution in [2.24, 2.45) is 5.73 Å². The van der Waals surface area contributed by atoms with Crippen molar-refractivity contribution in [1.82, 2.24) is 9.80 Å². The van der Waals surface area contributed by atoms with Gasteiger partial charge in [-0.1, -0.05) is 24.3 Å². The zero-order chi connectivity index (χ0) is 21.7. The Morgan fingerprint density at radius 3 is 1.87 bits per heavy atom. The zero-order valence-corrected chi connectivity index (χ0v) is 16.4. The van der Waals surface area contributed by atoms with Crippen LogP contribution in [0.1, 0.15) is 17.5 Å². The molecule has 158 valence electrons. The van der Waals surface area contributed by atoms with Gasteiger partial charge < -0.3 is 15.5 Å². The molecule has 1 aliphatic heterocycles. The smallest absolute Gasteiger partial charge is 0.242 e. The van der Waals surface area contributed by atoms with Crippen LogP contribution in [0.2, 0.25) is 0 Å². The van der Waals surface area contributed by atoms with Crippen molar-refractivity contribution in [2.45, 2.75) is 25.3 Å². The lowest BCUT2D eigenvalue weighted by Gasteiger charge is -2.27. The number of benzene rings is 2. The summed E-state index contributed by atoms with van der Waals surface area (Å²) in [4.78, 5) is 40.2. The molecule has 1 heterocycles. The fourth-order valence-corrected chi connectivity index (χ4v) is 3.48. The molecule has 0 saturated carbocycles. The van der Waals surface area contributed by atoms with E-state index in [-0.39, 0.29) is 49.5 Å². The molecule has 30 heavy (non-hydrogen) atoms. The third kappa shape index (κ3) is 5.40. The molecule has 2 N–H and O–H groups in total. The van der Waals surface area contributed by atoms with Gasteiger partial charge in [-0.25, -0.2) is 8.78 Å². The van der Waals surface area contributed by atoms with Gasteiger partial charge in [-0.15, -0.1) is 0 Å². The highest BCUT2D eigenvalue weighted by Gasteiger charge is 2.36. The molecule has 8 heteroatoms. The molecule has 2 aromatic rings. The van der Waals surface area contributed by atoms with Gasteiger partial charge in [0.05, 0.1) is 13.0 Å². The van der Waals surface area contributed by atoms with Crippen LogP contribution in [0, 0.1) is 11.6 Å². The minimum absolute atomic E-state index is 0.159. The van der Waals surface area contributed by atoms with E-state index in [4.69, 9.17) is 5.73 Å². The van der Waals surface area contributed by atoms with Crippen molar-refractivity contribution < 1.29 is 23.2 Å². The molecular weight excluding hydrogens is 392 g/mol. The van der Waals surface area contributed by atoms with Crippen LogP contribution in [0.15, 0.2) is 48.5 Å². The topological polar surface area (TPSA) is 83.7 Å². The molecule has 1 atom stereocenters. The Labute approximate surface area is 173 Å². The van der Waals surface area contributed by atoms with Gasteiger partial charge in [-0.2, -0.15) is 0 Å². The fraction of sp³-hybridized carbons (Fsp3) is 0.318. The summed E-state index contributed by atoms with van der Waals surface area (Å²) in [6, 6.07) is 10.8. The zero-order valence-electron chi connectivity index (χ0n) is 16.4. The van der Waals surface area contributed by atoms with Crippen molar-refractivity contribution in [3.05, 3.63) is 71.3 Å². The molecule has 6 nitrogen and oxygen atoms in total.